The lowest BCUT2D eigenvalue weighted by atomic mass is 9.95. The van der Waals surface area contributed by atoms with Gasteiger partial charge in [-0.15, -0.1) is 23.7 Å². The van der Waals surface area contributed by atoms with Gasteiger partial charge in [0.2, 0.25) is 0 Å². The molecule has 1 aromatic carbocycles. The van der Waals surface area contributed by atoms with E-state index in [0.717, 1.165) is 9.35 Å². The maximum atomic E-state index is 12.5. The van der Waals surface area contributed by atoms with Crippen molar-refractivity contribution in [3.05, 3.63) is 56.7 Å². The summed E-state index contributed by atoms with van der Waals surface area (Å²) in [5.74, 6) is 0.291. The Bertz CT molecular complexity index is 619. The van der Waals surface area contributed by atoms with E-state index in [1.54, 1.807) is 0 Å². The van der Waals surface area contributed by atoms with Crippen molar-refractivity contribution in [1.82, 2.24) is 4.90 Å². The molecule has 1 aromatic heterocycles. The Morgan fingerprint density at radius 1 is 1.24 bits per heavy atom. The highest BCUT2D eigenvalue weighted by Gasteiger charge is 2.34. The number of thiophene rings is 1. The summed E-state index contributed by atoms with van der Waals surface area (Å²) in [5, 5.41) is 1.92. The molecule has 2 N–H and O–H groups in total. The number of carbonyl (C=O) groups is 1. The zero-order chi connectivity index (χ0) is 14.1. The van der Waals surface area contributed by atoms with Gasteiger partial charge in [0.1, 0.15) is 4.88 Å². The minimum atomic E-state index is 0. The number of carbonyl (C=O) groups excluding carboxylic acids is 1. The van der Waals surface area contributed by atoms with Gasteiger partial charge in [0.25, 0.3) is 5.91 Å². The summed E-state index contributed by atoms with van der Waals surface area (Å²) in [7, 11) is 0. The van der Waals surface area contributed by atoms with Crippen molar-refractivity contribution >= 4 is 45.6 Å². The van der Waals surface area contributed by atoms with Gasteiger partial charge in [-0.25, -0.2) is 0 Å². The van der Waals surface area contributed by atoms with Crippen LogP contribution in [0.1, 0.15) is 21.2 Å². The number of nitrogens with zero attached hydrogens (tertiary/aromatic N) is 1. The average molecular weight is 388 g/mol. The largest absolute Gasteiger partial charge is 0.336 e. The predicted octanol–water partition coefficient (Wildman–Crippen LogP) is 3.50. The molecular formula is C15H16BrClN2OS. The lowest BCUT2D eigenvalue weighted by Gasteiger charge is -2.16. The zero-order valence-electron chi connectivity index (χ0n) is 11.2. The molecule has 6 heteroatoms. The molecule has 21 heavy (non-hydrogen) atoms. The highest BCUT2D eigenvalue weighted by molar-refractivity contribution is 9.10. The van der Waals surface area contributed by atoms with Crippen molar-refractivity contribution in [2.45, 2.75) is 12.0 Å². The molecule has 2 aromatic rings. The molecule has 0 aliphatic carbocycles. The van der Waals surface area contributed by atoms with Crippen molar-refractivity contribution in [3.63, 3.8) is 0 Å². The summed E-state index contributed by atoms with van der Waals surface area (Å²) in [4.78, 5) is 15.1. The van der Waals surface area contributed by atoms with Crippen LogP contribution in [0.3, 0.4) is 0 Å². The van der Waals surface area contributed by atoms with Crippen LogP contribution in [0.4, 0.5) is 0 Å². The quantitative estimate of drug-likeness (QED) is 0.857. The van der Waals surface area contributed by atoms with E-state index in [1.165, 1.54) is 16.9 Å². The third-order valence-electron chi connectivity index (χ3n) is 3.69. The third kappa shape index (κ3) is 3.31. The van der Waals surface area contributed by atoms with Gasteiger partial charge in [0.05, 0.1) is 0 Å². The molecule has 2 heterocycles. The number of hydrogen-bond acceptors (Lipinski definition) is 3. The van der Waals surface area contributed by atoms with E-state index in [9.17, 15) is 4.79 Å². The summed E-state index contributed by atoms with van der Waals surface area (Å²) < 4.78 is 0.865. The van der Waals surface area contributed by atoms with Crippen LogP contribution < -0.4 is 5.73 Å². The summed E-state index contributed by atoms with van der Waals surface area (Å²) >= 11 is 4.88. The van der Waals surface area contributed by atoms with Gasteiger partial charge in [-0.05, 0) is 32.9 Å². The van der Waals surface area contributed by atoms with E-state index < -0.39 is 0 Å². The van der Waals surface area contributed by atoms with Crippen LogP contribution in [0.25, 0.3) is 0 Å². The maximum absolute atomic E-state index is 12.5. The smallest absolute Gasteiger partial charge is 0.265 e. The Kier molecular flexibility index (Phi) is 5.43. The topological polar surface area (TPSA) is 46.3 Å². The van der Waals surface area contributed by atoms with E-state index in [0.29, 0.717) is 13.1 Å². The SMILES string of the molecule is Cl.N[C@@H]1CN(C(=O)c2sccc2Br)C[C@H]1c1ccccc1. The Morgan fingerprint density at radius 2 is 1.95 bits per heavy atom. The van der Waals surface area contributed by atoms with Crippen LogP contribution >= 0.6 is 39.7 Å². The Labute approximate surface area is 142 Å². The molecule has 0 unspecified atom stereocenters. The van der Waals surface area contributed by atoms with Gasteiger partial charge in [-0.3, -0.25) is 4.79 Å². The molecule has 1 fully saturated rings. The minimum absolute atomic E-state index is 0. The fraction of sp³-hybridized carbons (Fsp3) is 0.267. The molecule has 1 saturated heterocycles. The zero-order valence-corrected chi connectivity index (χ0v) is 14.5. The van der Waals surface area contributed by atoms with Crippen LogP contribution in [0.15, 0.2) is 46.3 Å². The van der Waals surface area contributed by atoms with E-state index in [1.807, 2.05) is 34.5 Å². The molecular weight excluding hydrogens is 372 g/mol. The molecule has 0 radical (unpaired) electrons. The molecule has 1 aliphatic heterocycles. The van der Waals surface area contributed by atoms with Crippen LogP contribution in [-0.2, 0) is 0 Å². The van der Waals surface area contributed by atoms with Crippen molar-refractivity contribution < 1.29 is 4.79 Å². The first-order chi connectivity index (χ1) is 9.66. The minimum Gasteiger partial charge on any atom is -0.336 e. The third-order valence-corrected chi connectivity index (χ3v) is 5.52. The van der Waals surface area contributed by atoms with Crippen molar-refractivity contribution in [2.75, 3.05) is 13.1 Å². The van der Waals surface area contributed by atoms with Gasteiger partial charge in [0.15, 0.2) is 0 Å². The van der Waals surface area contributed by atoms with Gasteiger partial charge in [-0.2, -0.15) is 0 Å². The lowest BCUT2D eigenvalue weighted by Crippen LogP contribution is -2.31. The van der Waals surface area contributed by atoms with Crippen LogP contribution in [0.5, 0.6) is 0 Å². The number of likely N-dealkylation sites (tertiary alicyclic amines) is 1. The first-order valence-corrected chi connectivity index (χ1v) is 8.17. The Morgan fingerprint density at radius 3 is 2.57 bits per heavy atom. The number of amides is 1. The average Bonchev–Trinajstić information content (AvgIpc) is 3.05. The van der Waals surface area contributed by atoms with Crippen molar-refractivity contribution in [2.24, 2.45) is 5.73 Å². The van der Waals surface area contributed by atoms with Crippen LogP contribution in [0, 0.1) is 0 Å². The van der Waals surface area contributed by atoms with Crippen LogP contribution in [-0.4, -0.2) is 29.9 Å². The monoisotopic (exact) mass is 386 g/mol. The first-order valence-electron chi connectivity index (χ1n) is 6.49. The summed E-state index contributed by atoms with van der Waals surface area (Å²) in [6.45, 7) is 1.30. The second-order valence-corrected chi connectivity index (χ2v) is 6.76. The fourth-order valence-corrected chi connectivity index (χ4v) is 4.15. The van der Waals surface area contributed by atoms with Gasteiger partial charge >= 0.3 is 0 Å². The second kappa shape index (κ2) is 6.92. The molecule has 1 aliphatic rings. The van der Waals surface area contributed by atoms with Crippen molar-refractivity contribution in [1.29, 1.82) is 0 Å². The number of hydrogen-bond donors (Lipinski definition) is 1. The predicted molar refractivity (Wildman–Crippen MR) is 92.3 cm³/mol. The van der Waals surface area contributed by atoms with Gasteiger partial charge < -0.3 is 10.6 Å². The van der Waals surface area contributed by atoms with E-state index >= 15 is 0 Å². The number of halogens is 2. The number of nitrogens with two attached hydrogens (primary N) is 1. The molecule has 0 bridgehead atoms. The molecule has 0 spiro atoms. The van der Waals surface area contributed by atoms with Gasteiger partial charge in [0, 0.05) is 29.5 Å². The van der Waals surface area contributed by atoms with Gasteiger partial charge in [-0.1, -0.05) is 30.3 Å². The molecule has 0 saturated carbocycles. The lowest BCUT2D eigenvalue weighted by molar-refractivity contribution is 0.0793. The number of benzene rings is 1. The molecule has 2 atom stereocenters. The molecule has 112 valence electrons. The van der Waals surface area contributed by atoms with E-state index in [4.69, 9.17) is 5.73 Å². The Balaban J connectivity index is 0.00000161. The summed E-state index contributed by atoms with van der Waals surface area (Å²) in [6, 6.07) is 12.1. The highest BCUT2D eigenvalue weighted by atomic mass is 79.9. The second-order valence-electron chi connectivity index (χ2n) is 4.99. The normalized spacial score (nSPS) is 21.1. The van der Waals surface area contributed by atoms with E-state index in [-0.39, 0.29) is 30.3 Å². The first kappa shape index (κ1) is 16.5. The summed E-state index contributed by atoms with van der Waals surface area (Å²) in [6.07, 6.45) is 0. The highest BCUT2D eigenvalue weighted by Crippen LogP contribution is 2.30. The maximum Gasteiger partial charge on any atom is 0.265 e. The van der Waals surface area contributed by atoms with E-state index in [2.05, 4.69) is 28.1 Å². The standard InChI is InChI=1S/C15H15BrN2OS.ClH/c16-12-6-7-20-14(12)15(19)18-8-11(13(17)9-18)10-4-2-1-3-5-10;/h1-7,11,13H,8-9,17H2;1H/t11-,13+;/m0./s1. The molecule has 3 rings (SSSR count). The molecule has 1 amide bonds. The van der Waals surface area contributed by atoms with Crippen LogP contribution in [0.2, 0.25) is 0 Å². The summed E-state index contributed by atoms with van der Waals surface area (Å²) in [5.41, 5.74) is 7.44. The van der Waals surface area contributed by atoms with Crippen molar-refractivity contribution in [3.8, 4) is 0 Å². The fourth-order valence-electron chi connectivity index (χ4n) is 2.64. The Hall–Kier alpha value is -0.880. The number of rotatable bonds is 2. The molecule has 3 nitrogen and oxygen atoms in total.